The number of nitrogens with zero attached hydrogens (tertiary/aromatic N) is 1. The number of carboxylic acids is 1. The molecule has 1 amide bonds. The highest BCUT2D eigenvalue weighted by Gasteiger charge is 2.59. The fraction of sp³-hybridized carbons (Fsp3) is 0.481. The number of hydrogen-bond acceptors (Lipinski definition) is 5. The van der Waals surface area contributed by atoms with Gasteiger partial charge in [-0.15, -0.1) is 0 Å². The zero-order valence-corrected chi connectivity index (χ0v) is 21.8. The Morgan fingerprint density at radius 1 is 1.11 bits per heavy atom. The third-order valence-corrected chi connectivity index (χ3v) is 6.45. The predicted octanol–water partition coefficient (Wildman–Crippen LogP) is 5.95. The van der Waals surface area contributed by atoms with Crippen LogP contribution in [0.2, 0.25) is 5.02 Å². The van der Waals surface area contributed by atoms with Crippen molar-refractivity contribution >= 4 is 23.7 Å². The van der Waals surface area contributed by atoms with Crippen LogP contribution in [0, 0.1) is 11.3 Å². The third kappa shape index (κ3) is 5.90. The summed E-state index contributed by atoms with van der Waals surface area (Å²) in [6.45, 7) is 9.49. The maximum absolute atomic E-state index is 13.3. The van der Waals surface area contributed by atoms with Crippen LogP contribution in [0.5, 0.6) is 5.75 Å². The molecule has 0 aromatic heterocycles. The van der Waals surface area contributed by atoms with Crippen LogP contribution in [-0.4, -0.2) is 47.4 Å². The lowest BCUT2D eigenvalue weighted by Gasteiger charge is -2.34. The SMILES string of the molecule is COc1ccc(Cl)cc1COC1C(c2ccccc2)N(C(=O)OC(C)C)C(C(=O)O)C1C(C)(C)C. The average Bonchev–Trinajstić information content (AvgIpc) is 3.14. The molecule has 1 saturated heterocycles. The number of likely N-dealkylation sites (tertiary alicyclic amines) is 1. The lowest BCUT2D eigenvalue weighted by molar-refractivity contribution is -0.145. The van der Waals surface area contributed by atoms with Gasteiger partial charge in [-0.3, -0.25) is 4.90 Å². The number of carboxylic acid groups (broad SMARTS) is 1. The van der Waals surface area contributed by atoms with Crippen molar-refractivity contribution < 1.29 is 28.9 Å². The van der Waals surface area contributed by atoms with Gasteiger partial charge in [0.2, 0.25) is 0 Å². The molecule has 3 rings (SSSR count). The maximum atomic E-state index is 13.3. The lowest BCUT2D eigenvalue weighted by Crippen LogP contribution is -2.47. The molecule has 2 aromatic carbocycles. The molecule has 0 saturated carbocycles. The number of aliphatic carboxylic acids is 1. The molecule has 190 valence electrons. The summed E-state index contributed by atoms with van der Waals surface area (Å²) in [5.74, 6) is -1.02. The topological polar surface area (TPSA) is 85.3 Å². The molecule has 1 N–H and O–H groups in total. The van der Waals surface area contributed by atoms with Gasteiger partial charge in [0.25, 0.3) is 0 Å². The van der Waals surface area contributed by atoms with E-state index in [9.17, 15) is 14.7 Å². The Bertz CT molecular complexity index is 1040. The molecular weight excluding hydrogens is 470 g/mol. The van der Waals surface area contributed by atoms with Crippen LogP contribution in [0.3, 0.4) is 0 Å². The minimum atomic E-state index is -1.14. The quantitative estimate of drug-likeness (QED) is 0.502. The van der Waals surface area contributed by atoms with E-state index in [1.165, 1.54) is 4.90 Å². The number of rotatable bonds is 7. The third-order valence-electron chi connectivity index (χ3n) is 6.22. The smallest absolute Gasteiger partial charge is 0.411 e. The van der Waals surface area contributed by atoms with Crippen molar-refractivity contribution in [3.8, 4) is 5.75 Å². The van der Waals surface area contributed by atoms with Crippen molar-refractivity contribution in [2.75, 3.05) is 7.11 Å². The number of carbonyl (C=O) groups is 2. The van der Waals surface area contributed by atoms with Gasteiger partial charge in [0, 0.05) is 16.5 Å². The van der Waals surface area contributed by atoms with Crippen LogP contribution in [0.4, 0.5) is 4.79 Å². The molecule has 4 atom stereocenters. The Morgan fingerprint density at radius 2 is 1.77 bits per heavy atom. The van der Waals surface area contributed by atoms with Gasteiger partial charge in [-0.25, -0.2) is 9.59 Å². The number of amides is 1. The van der Waals surface area contributed by atoms with E-state index in [1.54, 1.807) is 39.2 Å². The second-order valence-electron chi connectivity index (χ2n) is 10.1. The van der Waals surface area contributed by atoms with Gasteiger partial charge in [0.05, 0.1) is 32.0 Å². The first-order valence-corrected chi connectivity index (χ1v) is 12.0. The van der Waals surface area contributed by atoms with E-state index in [-0.39, 0.29) is 6.61 Å². The molecule has 0 bridgehead atoms. The molecule has 2 aromatic rings. The fourth-order valence-electron chi connectivity index (χ4n) is 4.85. The molecule has 1 aliphatic rings. The second kappa shape index (κ2) is 10.9. The molecule has 0 spiro atoms. The standard InChI is InChI=1S/C27H34ClNO6/c1-16(2)35-26(32)29-22(17-10-8-7-9-11-17)24(21(27(3,4)5)23(29)25(30)31)34-15-18-14-19(28)12-13-20(18)33-6/h7-14,16,21-24H,15H2,1-6H3,(H,30,31). The number of benzene rings is 2. The van der Waals surface area contributed by atoms with E-state index in [0.29, 0.717) is 10.8 Å². The van der Waals surface area contributed by atoms with E-state index in [1.807, 2.05) is 51.1 Å². The highest BCUT2D eigenvalue weighted by atomic mass is 35.5. The van der Waals surface area contributed by atoms with Gasteiger partial charge in [0.1, 0.15) is 11.8 Å². The number of carbonyl (C=O) groups excluding carboxylic acids is 1. The van der Waals surface area contributed by atoms with Crippen LogP contribution in [0.15, 0.2) is 48.5 Å². The Morgan fingerprint density at radius 3 is 2.31 bits per heavy atom. The van der Waals surface area contributed by atoms with Crippen molar-refractivity contribution in [1.29, 1.82) is 0 Å². The van der Waals surface area contributed by atoms with E-state index in [2.05, 4.69) is 0 Å². The number of methoxy groups -OCH3 is 1. The van der Waals surface area contributed by atoms with Crippen LogP contribution in [-0.2, 0) is 20.9 Å². The number of halogens is 1. The molecule has 0 radical (unpaired) electrons. The summed E-state index contributed by atoms with van der Waals surface area (Å²) in [4.78, 5) is 27.3. The van der Waals surface area contributed by atoms with Gasteiger partial charge in [-0.1, -0.05) is 62.7 Å². The van der Waals surface area contributed by atoms with Gasteiger partial charge in [-0.05, 0) is 43.0 Å². The molecule has 0 aliphatic carbocycles. The van der Waals surface area contributed by atoms with Crippen LogP contribution in [0.25, 0.3) is 0 Å². The van der Waals surface area contributed by atoms with Gasteiger partial charge < -0.3 is 19.3 Å². The molecule has 7 nitrogen and oxygen atoms in total. The van der Waals surface area contributed by atoms with Crippen LogP contribution in [0.1, 0.15) is 51.8 Å². The first kappa shape index (κ1) is 26.8. The Balaban J connectivity index is 2.13. The average molecular weight is 504 g/mol. The van der Waals surface area contributed by atoms with Gasteiger partial charge in [0.15, 0.2) is 0 Å². The van der Waals surface area contributed by atoms with E-state index in [0.717, 1.165) is 11.1 Å². The highest BCUT2D eigenvalue weighted by molar-refractivity contribution is 6.30. The second-order valence-corrected chi connectivity index (χ2v) is 10.5. The number of ether oxygens (including phenoxy) is 3. The normalized spacial score (nSPS) is 22.3. The summed E-state index contributed by atoms with van der Waals surface area (Å²) in [6, 6.07) is 12.8. The van der Waals surface area contributed by atoms with Crippen molar-refractivity contribution in [3.05, 3.63) is 64.7 Å². The van der Waals surface area contributed by atoms with Crippen LogP contribution >= 0.6 is 11.6 Å². The Kier molecular flexibility index (Phi) is 8.34. The molecule has 4 unspecified atom stereocenters. The Labute approximate surface area is 211 Å². The minimum Gasteiger partial charge on any atom is -0.496 e. The monoisotopic (exact) mass is 503 g/mol. The summed E-state index contributed by atoms with van der Waals surface area (Å²) in [7, 11) is 1.57. The predicted molar refractivity (Wildman–Crippen MR) is 134 cm³/mol. The minimum absolute atomic E-state index is 0.129. The molecular formula is C27H34ClNO6. The molecule has 1 aliphatic heterocycles. The van der Waals surface area contributed by atoms with Crippen molar-refractivity contribution in [2.45, 2.75) is 65.5 Å². The first-order chi connectivity index (χ1) is 16.5. The van der Waals surface area contributed by atoms with Crippen LogP contribution < -0.4 is 4.74 Å². The number of hydrogen-bond donors (Lipinski definition) is 1. The maximum Gasteiger partial charge on any atom is 0.411 e. The van der Waals surface area contributed by atoms with Gasteiger partial charge in [-0.2, -0.15) is 0 Å². The largest absolute Gasteiger partial charge is 0.496 e. The molecule has 1 fully saturated rings. The summed E-state index contributed by atoms with van der Waals surface area (Å²) in [5, 5.41) is 10.9. The highest BCUT2D eigenvalue weighted by Crippen LogP contribution is 2.50. The van der Waals surface area contributed by atoms with E-state index >= 15 is 0 Å². The Hall–Kier alpha value is -2.77. The summed E-state index contributed by atoms with van der Waals surface area (Å²) >= 11 is 6.21. The van der Waals surface area contributed by atoms with E-state index in [4.69, 9.17) is 25.8 Å². The lowest BCUT2D eigenvalue weighted by atomic mass is 9.73. The fourth-order valence-corrected chi connectivity index (χ4v) is 5.04. The van der Waals surface area contributed by atoms with Gasteiger partial charge >= 0.3 is 12.1 Å². The summed E-state index contributed by atoms with van der Waals surface area (Å²) in [6.07, 6.45) is -1.72. The molecule has 1 heterocycles. The van der Waals surface area contributed by atoms with E-state index < -0.39 is 47.7 Å². The van der Waals surface area contributed by atoms with Crippen molar-refractivity contribution in [3.63, 3.8) is 0 Å². The summed E-state index contributed by atoms with van der Waals surface area (Å²) in [5.41, 5.74) is 0.996. The van der Waals surface area contributed by atoms with Crippen molar-refractivity contribution in [1.82, 2.24) is 4.90 Å². The zero-order chi connectivity index (χ0) is 25.9. The first-order valence-electron chi connectivity index (χ1n) is 11.7. The summed E-state index contributed by atoms with van der Waals surface area (Å²) < 4.78 is 17.5. The van der Waals surface area contributed by atoms with Crippen molar-refractivity contribution in [2.24, 2.45) is 11.3 Å². The zero-order valence-electron chi connectivity index (χ0n) is 21.0. The molecule has 35 heavy (non-hydrogen) atoms. The molecule has 8 heteroatoms.